The first-order valence-electron chi connectivity index (χ1n) is 10.9. The van der Waals surface area contributed by atoms with E-state index < -0.39 is 17.2 Å². The molecule has 2 aromatic rings. The molecule has 11 heteroatoms. The maximum atomic E-state index is 13.5. The van der Waals surface area contributed by atoms with Crippen molar-refractivity contribution in [3.05, 3.63) is 17.5 Å². The average molecular weight is 454 g/mol. The van der Waals surface area contributed by atoms with Gasteiger partial charge < -0.3 is 20.5 Å². The number of ether oxygens (including phenoxy) is 1. The number of methoxy groups -OCH3 is 1. The van der Waals surface area contributed by atoms with E-state index >= 15 is 0 Å². The fourth-order valence-corrected chi connectivity index (χ4v) is 3.75. The molecular weight excluding hydrogens is 425 g/mol. The van der Waals surface area contributed by atoms with Crippen LogP contribution in [0.25, 0.3) is 0 Å². The van der Waals surface area contributed by atoms with Gasteiger partial charge in [-0.15, -0.1) is 0 Å². The topological polar surface area (TPSA) is 97.1 Å². The third kappa shape index (κ3) is 4.22. The van der Waals surface area contributed by atoms with Crippen LogP contribution in [-0.4, -0.2) is 44.6 Å². The zero-order chi connectivity index (χ0) is 23.1. The van der Waals surface area contributed by atoms with E-state index in [4.69, 9.17) is 9.84 Å². The summed E-state index contributed by atoms with van der Waals surface area (Å²) in [6.07, 6.45) is 1.77. The van der Waals surface area contributed by atoms with E-state index in [9.17, 15) is 18.3 Å². The highest BCUT2D eigenvalue weighted by atomic mass is 19.4. The number of alkyl halides is 3. The minimum absolute atomic E-state index is 0.0203. The predicted molar refractivity (Wildman–Crippen MR) is 113 cm³/mol. The number of rotatable bonds is 8. The molecule has 0 unspecified atom stereocenters. The summed E-state index contributed by atoms with van der Waals surface area (Å²) in [5, 5.41) is 20.5. The summed E-state index contributed by atoms with van der Waals surface area (Å²) in [6, 6.07) is 0.113. The molecule has 4 rings (SSSR count). The van der Waals surface area contributed by atoms with Gasteiger partial charge in [-0.1, -0.05) is 13.8 Å². The predicted octanol–water partition coefficient (Wildman–Crippen LogP) is 4.40. The van der Waals surface area contributed by atoms with E-state index in [-0.39, 0.29) is 30.5 Å². The van der Waals surface area contributed by atoms with Crippen molar-refractivity contribution in [3.63, 3.8) is 0 Å². The molecule has 2 aliphatic carbocycles. The molecule has 3 N–H and O–H groups in total. The summed E-state index contributed by atoms with van der Waals surface area (Å²) in [5.74, 6) is 0.687. The van der Waals surface area contributed by atoms with Crippen molar-refractivity contribution >= 4 is 17.6 Å². The summed E-state index contributed by atoms with van der Waals surface area (Å²) in [6.45, 7) is 3.56. The summed E-state index contributed by atoms with van der Waals surface area (Å²) >= 11 is 0. The van der Waals surface area contributed by atoms with Crippen molar-refractivity contribution in [2.24, 2.45) is 0 Å². The number of aliphatic hydroxyl groups is 1. The summed E-state index contributed by atoms with van der Waals surface area (Å²) < 4.78 is 47.9. The van der Waals surface area contributed by atoms with Crippen molar-refractivity contribution < 1.29 is 23.0 Å². The standard InChI is InChI=1S/C21H29F3N6O2/c1-20(2,11-31)16-15(32-3)18(30(29-16)13-8-5-9-13)28-19-25-10-14(21(22,23)24)17(27-19)26-12-6-4-7-12/h10,12-13,31H,4-9,11H2,1-3H3,(H2,25,26,27,28). The SMILES string of the molecule is COc1c(C(C)(C)CO)nn(C2CCC2)c1Nc1ncc(C(F)(F)F)c(NC2CCC2)n1. The Morgan fingerprint density at radius 2 is 1.88 bits per heavy atom. The first-order valence-corrected chi connectivity index (χ1v) is 10.9. The highest BCUT2D eigenvalue weighted by Crippen LogP contribution is 2.43. The third-order valence-electron chi connectivity index (χ3n) is 6.30. The minimum Gasteiger partial charge on any atom is -0.491 e. The number of anilines is 3. The van der Waals surface area contributed by atoms with Crippen molar-refractivity contribution in [1.82, 2.24) is 19.7 Å². The molecule has 8 nitrogen and oxygen atoms in total. The normalized spacial score (nSPS) is 17.6. The largest absolute Gasteiger partial charge is 0.491 e. The molecule has 0 aromatic carbocycles. The second-order valence-electron chi connectivity index (χ2n) is 9.15. The quantitative estimate of drug-likeness (QED) is 0.544. The summed E-state index contributed by atoms with van der Waals surface area (Å²) in [5.41, 5.74) is -0.998. The molecule has 2 fully saturated rings. The van der Waals surface area contributed by atoms with Gasteiger partial charge in [0.15, 0.2) is 11.6 Å². The number of aliphatic hydroxyl groups excluding tert-OH is 1. The van der Waals surface area contributed by atoms with E-state index in [1.54, 1.807) is 4.68 Å². The molecule has 0 spiro atoms. The summed E-state index contributed by atoms with van der Waals surface area (Å²) in [4.78, 5) is 8.10. The Bertz CT molecular complexity index is 967. The van der Waals surface area contributed by atoms with Gasteiger partial charge in [-0.3, -0.25) is 0 Å². The highest BCUT2D eigenvalue weighted by Gasteiger charge is 2.37. The molecule has 0 saturated heterocycles. The van der Waals surface area contributed by atoms with E-state index in [2.05, 4.69) is 20.6 Å². The lowest BCUT2D eigenvalue weighted by Crippen LogP contribution is -2.29. The molecular formula is C21H29F3N6O2. The van der Waals surface area contributed by atoms with Gasteiger partial charge in [0.2, 0.25) is 5.95 Å². The van der Waals surface area contributed by atoms with Crippen LogP contribution in [0.1, 0.15) is 69.7 Å². The van der Waals surface area contributed by atoms with Gasteiger partial charge in [-0.05, 0) is 38.5 Å². The van der Waals surface area contributed by atoms with Crippen LogP contribution in [0.3, 0.4) is 0 Å². The Morgan fingerprint density at radius 1 is 1.19 bits per heavy atom. The molecule has 32 heavy (non-hydrogen) atoms. The zero-order valence-electron chi connectivity index (χ0n) is 18.5. The zero-order valence-corrected chi connectivity index (χ0v) is 18.5. The molecule has 0 amide bonds. The number of hydrogen-bond donors (Lipinski definition) is 3. The van der Waals surface area contributed by atoms with Gasteiger partial charge in [0.25, 0.3) is 0 Å². The van der Waals surface area contributed by atoms with Crippen LogP contribution in [0.4, 0.5) is 30.8 Å². The molecule has 2 saturated carbocycles. The van der Waals surface area contributed by atoms with Gasteiger partial charge in [-0.2, -0.15) is 23.3 Å². The lowest BCUT2D eigenvalue weighted by molar-refractivity contribution is -0.137. The van der Waals surface area contributed by atoms with Gasteiger partial charge >= 0.3 is 6.18 Å². The Balaban J connectivity index is 1.73. The molecule has 0 radical (unpaired) electrons. The van der Waals surface area contributed by atoms with E-state index in [0.29, 0.717) is 17.3 Å². The lowest BCUT2D eigenvalue weighted by Gasteiger charge is -2.28. The number of aromatic nitrogens is 4. The van der Waals surface area contributed by atoms with Gasteiger partial charge in [0.1, 0.15) is 17.1 Å². The fourth-order valence-electron chi connectivity index (χ4n) is 3.75. The number of nitrogens with one attached hydrogen (secondary N) is 2. The molecule has 2 aliphatic rings. The van der Waals surface area contributed by atoms with E-state index in [1.807, 2.05) is 13.8 Å². The second kappa shape index (κ2) is 8.42. The monoisotopic (exact) mass is 454 g/mol. The van der Waals surface area contributed by atoms with E-state index in [0.717, 1.165) is 44.7 Å². The Hall–Kier alpha value is -2.56. The first kappa shape index (κ1) is 22.6. The smallest absolute Gasteiger partial charge is 0.421 e. The lowest BCUT2D eigenvalue weighted by atomic mass is 9.90. The van der Waals surface area contributed by atoms with Gasteiger partial charge in [0, 0.05) is 17.7 Å². The van der Waals surface area contributed by atoms with Gasteiger partial charge in [-0.25, -0.2) is 9.67 Å². The van der Waals surface area contributed by atoms with E-state index in [1.165, 1.54) is 7.11 Å². The molecule has 2 aromatic heterocycles. The third-order valence-corrected chi connectivity index (χ3v) is 6.30. The molecule has 0 aliphatic heterocycles. The van der Waals surface area contributed by atoms with Crippen LogP contribution in [-0.2, 0) is 11.6 Å². The van der Waals surface area contributed by atoms with Crippen molar-refractivity contribution in [2.75, 3.05) is 24.4 Å². The van der Waals surface area contributed by atoms with Crippen LogP contribution >= 0.6 is 0 Å². The average Bonchev–Trinajstić information content (AvgIpc) is 3.01. The second-order valence-corrected chi connectivity index (χ2v) is 9.15. The van der Waals surface area contributed by atoms with Crippen LogP contribution < -0.4 is 15.4 Å². The summed E-state index contributed by atoms with van der Waals surface area (Å²) in [7, 11) is 1.50. The van der Waals surface area contributed by atoms with Gasteiger partial charge in [0.05, 0.1) is 19.8 Å². The maximum absolute atomic E-state index is 13.5. The van der Waals surface area contributed by atoms with Crippen LogP contribution in [0.5, 0.6) is 5.75 Å². The first-order chi connectivity index (χ1) is 15.1. The molecule has 0 atom stereocenters. The van der Waals surface area contributed by atoms with Crippen LogP contribution in [0.2, 0.25) is 0 Å². The van der Waals surface area contributed by atoms with Crippen LogP contribution in [0.15, 0.2) is 6.20 Å². The number of nitrogens with zero attached hydrogens (tertiary/aromatic N) is 4. The molecule has 2 heterocycles. The Morgan fingerprint density at radius 3 is 2.38 bits per heavy atom. The number of hydrogen-bond acceptors (Lipinski definition) is 7. The minimum atomic E-state index is -4.56. The fraction of sp³-hybridized carbons (Fsp3) is 0.667. The Kier molecular flexibility index (Phi) is 5.95. The van der Waals surface area contributed by atoms with Crippen LogP contribution in [0, 0.1) is 0 Å². The molecule has 176 valence electrons. The highest BCUT2D eigenvalue weighted by molar-refractivity contribution is 5.63. The Labute approximate surface area is 184 Å². The number of halogens is 3. The van der Waals surface area contributed by atoms with Crippen molar-refractivity contribution in [3.8, 4) is 5.75 Å². The van der Waals surface area contributed by atoms with Crippen molar-refractivity contribution in [1.29, 1.82) is 0 Å². The maximum Gasteiger partial charge on any atom is 0.421 e. The van der Waals surface area contributed by atoms with Crippen molar-refractivity contribution in [2.45, 2.75) is 76.0 Å². The molecule has 0 bridgehead atoms.